The molecule has 72 valence electrons. The van der Waals surface area contributed by atoms with E-state index in [1.807, 2.05) is 6.92 Å². The molecule has 0 fully saturated rings. The van der Waals surface area contributed by atoms with E-state index in [0.717, 1.165) is 0 Å². The van der Waals surface area contributed by atoms with Crippen LogP contribution in [0.15, 0.2) is 0 Å². The maximum absolute atomic E-state index is 10.4. The van der Waals surface area contributed by atoms with Gasteiger partial charge in [-0.15, -0.1) is 0 Å². The largest absolute Gasteiger partial charge is 0.480 e. The van der Waals surface area contributed by atoms with Gasteiger partial charge in [0.1, 0.15) is 6.04 Å². The maximum Gasteiger partial charge on any atom is 0.320 e. The van der Waals surface area contributed by atoms with E-state index in [-0.39, 0.29) is 0 Å². The Labute approximate surface area is 72.9 Å². The standard InChI is InChI=1S/C8H17NO3/c1-6(5-12-3)4-9-7(2)8(10)11/h6-7,9H,4-5H2,1-3H3,(H,10,11). The molecule has 2 atom stereocenters. The lowest BCUT2D eigenvalue weighted by Gasteiger charge is -2.13. The molecule has 12 heavy (non-hydrogen) atoms. The lowest BCUT2D eigenvalue weighted by atomic mass is 10.2. The van der Waals surface area contributed by atoms with Gasteiger partial charge in [0, 0.05) is 20.3 Å². The Kier molecular flexibility index (Phi) is 5.66. The molecule has 0 saturated heterocycles. The molecule has 4 heteroatoms. The Morgan fingerprint density at radius 2 is 2.17 bits per heavy atom. The zero-order valence-electron chi connectivity index (χ0n) is 7.83. The van der Waals surface area contributed by atoms with Crippen molar-refractivity contribution < 1.29 is 14.6 Å². The predicted octanol–water partition coefficient (Wildman–Crippen LogP) is 0.332. The Bertz CT molecular complexity index is 138. The second-order valence-corrected chi connectivity index (χ2v) is 3.03. The van der Waals surface area contributed by atoms with Crippen LogP contribution < -0.4 is 5.32 Å². The highest BCUT2D eigenvalue weighted by Crippen LogP contribution is 1.93. The number of hydrogen-bond donors (Lipinski definition) is 2. The molecule has 0 aromatic carbocycles. The van der Waals surface area contributed by atoms with E-state index in [1.165, 1.54) is 0 Å². The van der Waals surface area contributed by atoms with Gasteiger partial charge in [-0.1, -0.05) is 6.92 Å². The topological polar surface area (TPSA) is 58.6 Å². The Balaban J connectivity index is 3.46. The third-order valence-corrected chi connectivity index (χ3v) is 1.59. The molecule has 0 aliphatic rings. The summed E-state index contributed by atoms with van der Waals surface area (Å²) < 4.78 is 4.91. The number of carboxylic acids is 1. The molecule has 0 bridgehead atoms. The van der Waals surface area contributed by atoms with Crippen LogP contribution in [0.1, 0.15) is 13.8 Å². The van der Waals surface area contributed by atoms with Crippen LogP contribution in [0.2, 0.25) is 0 Å². The molecule has 0 aromatic rings. The summed E-state index contributed by atoms with van der Waals surface area (Å²) in [6, 6.07) is -0.482. The zero-order valence-corrected chi connectivity index (χ0v) is 7.83. The van der Waals surface area contributed by atoms with Crippen LogP contribution in [0.5, 0.6) is 0 Å². The quantitative estimate of drug-likeness (QED) is 0.611. The van der Waals surface area contributed by atoms with E-state index < -0.39 is 12.0 Å². The van der Waals surface area contributed by atoms with Crippen molar-refractivity contribution in [1.29, 1.82) is 0 Å². The van der Waals surface area contributed by atoms with Crippen molar-refractivity contribution in [3.63, 3.8) is 0 Å². The van der Waals surface area contributed by atoms with E-state index >= 15 is 0 Å². The van der Waals surface area contributed by atoms with Crippen LogP contribution in [0.25, 0.3) is 0 Å². The van der Waals surface area contributed by atoms with Crippen molar-refractivity contribution in [2.24, 2.45) is 5.92 Å². The molecule has 0 rings (SSSR count). The molecule has 0 aromatic heterocycles. The third kappa shape index (κ3) is 5.09. The summed E-state index contributed by atoms with van der Waals surface area (Å²) in [6.45, 7) is 4.95. The van der Waals surface area contributed by atoms with Crippen LogP contribution in [0.4, 0.5) is 0 Å². The molecule has 0 radical (unpaired) electrons. The first-order valence-corrected chi connectivity index (χ1v) is 4.03. The van der Waals surface area contributed by atoms with Gasteiger partial charge >= 0.3 is 5.97 Å². The number of hydrogen-bond acceptors (Lipinski definition) is 3. The normalized spacial score (nSPS) is 15.6. The van der Waals surface area contributed by atoms with E-state index in [4.69, 9.17) is 9.84 Å². The first-order valence-electron chi connectivity index (χ1n) is 4.03. The van der Waals surface area contributed by atoms with Gasteiger partial charge < -0.3 is 15.2 Å². The fraction of sp³-hybridized carbons (Fsp3) is 0.875. The van der Waals surface area contributed by atoms with E-state index in [2.05, 4.69) is 5.32 Å². The number of ether oxygens (including phenoxy) is 1. The molecule has 0 amide bonds. The monoisotopic (exact) mass is 175 g/mol. The smallest absolute Gasteiger partial charge is 0.320 e. The van der Waals surface area contributed by atoms with Crippen molar-refractivity contribution in [3.8, 4) is 0 Å². The molecular weight excluding hydrogens is 158 g/mol. The minimum absolute atomic E-state index is 0.344. The number of carboxylic acid groups (broad SMARTS) is 1. The molecule has 0 aliphatic carbocycles. The molecule has 0 saturated carbocycles. The average Bonchev–Trinajstić information content (AvgIpc) is 2.00. The number of carbonyl (C=O) groups is 1. The lowest BCUT2D eigenvalue weighted by molar-refractivity contribution is -0.139. The van der Waals surface area contributed by atoms with Gasteiger partial charge in [-0.05, 0) is 12.8 Å². The van der Waals surface area contributed by atoms with Crippen LogP contribution >= 0.6 is 0 Å². The number of aliphatic carboxylic acids is 1. The van der Waals surface area contributed by atoms with Crippen molar-refractivity contribution in [1.82, 2.24) is 5.32 Å². The van der Waals surface area contributed by atoms with Crippen LogP contribution in [0, 0.1) is 5.92 Å². The van der Waals surface area contributed by atoms with E-state index in [0.29, 0.717) is 19.1 Å². The minimum atomic E-state index is -0.820. The molecule has 0 aliphatic heterocycles. The summed E-state index contributed by atoms with van der Waals surface area (Å²) in [5.74, 6) is -0.476. The number of rotatable bonds is 6. The van der Waals surface area contributed by atoms with Gasteiger partial charge in [-0.25, -0.2) is 0 Å². The predicted molar refractivity (Wildman–Crippen MR) is 46.1 cm³/mol. The average molecular weight is 175 g/mol. The first-order chi connectivity index (χ1) is 5.57. The van der Waals surface area contributed by atoms with Crippen molar-refractivity contribution in [3.05, 3.63) is 0 Å². The van der Waals surface area contributed by atoms with Gasteiger partial charge in [0.2, 0.25) is 0 Å². The second kappa shape index (κ2) is 5.97. The van der Waals surface area contributed by atoms with E-state index in [1.54, 1.807) is 14.0 Å². The molecule has 2 unspecified atom stereocenters. The summed E-state index contributed by atoms with van der Waals surface area (Å²) in [6.07, 6.45) is 0. The number of methoxy groups -OCH3 is 1. The molecule has 2 N–H and O–H groups in total. The van der Waals surface area contributed by atoms with Crippen LogP contribution in [-0.2, 0) is 9.53 Å². The van der Waals surface area contributed by atoms with Crippen molar-refractivity contribution in [2.45, 2.75) is 19.9 Å². The highest BCUT2D eigenvalue weighted by atomic mass is 16.5. The van der Waals surface area contributed by atoms with Crippen LogP contribution in [-0.4, -0.2) is 37.4 Å². The van der Waals surface area contributed by atoms with Gasteiger partial charge in [0.15, 0.2) is 0 Å². The molecule has 4 nitrogen and oxygen atoms in total. The maximum atomic E-state index is 10.4. The van der Waals surface area contributed by atoms with Crippen LogP contribution in [0.3, 0.4) is 0 Å². The summed E-state index contributed by atoms with van der Waals surface area (Å²) in [7, 11) is 1.64. The SMILES string of the molecule is COCC(C)CNC(C)C(=O)O. The Morgan fingerprint density at radius 1 is 1.58 bits per heavy atom. The lowest BCUT2D eigenvalue weighted by Crippen LogP contribution is -2.37. The molecular formula is C8H17NO3. The Hall–Kier alpha value is -0.610. The highest BCUT2D eigenvalue weighted by molar-refractivity contribution is 5.72. The summed E-state index contributed by atoms with van der Waals surface area (Å²) in [5.41, 5.74) is 0. The Morgan fingerprint density at radius 3 is 2.58 bits per heavy atom. The molecule has 0 spiro atoms. The fourth-order valence-corrected chi connectivity index (χ4v) is 0.809. The van der Waals surface area contributed by atoms with Gasteiger partial charge in [0.05, 0.1) is 0 Å². The molecule has 0 heterocycles. The van der Waals surface area contributed by atoms with E-state index in [9.17, 15) is 4.79 Å². The van der Waals surface area contributed by atoms with Gasteiger partial charge in [-0.2, -0.15) is 0 Å². The second-order valence-electron chi connectivity index (χ2n) is 3.03. The van der Waals surface area contributed by atoms with Crippen molar-refractivity contribution in [2.75, 3.05) is 20.3 Å². The fourth-order valence-electron chi connectivity index (χ4n) is 0.809. The van der Waals surface area contributed by atoms with Gasteiger partial charge in [-0.3, -0.25) is 4.79 Å². The third-order valence-electron chi connectivity index (χ3n) is 1.59. The summed E-state index contributed by atoms with van der Waals surface area (Å²) in [4.78, 5) is 10.4. The van der Waals surface area contributed by atoms with Crippen molar-refractivity contribution >= 4 is 5.97 Å². The van der Waals surface area contributed by atoms with Gasteiger partial charge in [0.25, 0.3) is 0 Å². The zero-order chi connectivity index (χ0) is 9.56. The minimum Gasteiger partial charge on any atom is -0.480 e. The summed E-state index contributed by atoms with van der Waals surface area (Å²) in [5, 5.41) is 11.4. The number of nitrogens with one attached hydrogen (secondary N) is 1. The first kappa shape index (κ1) is 11.4. The summed E-state index contributed by atoms with van der Waals surface area (Å²) >= 11 is 0. The highest BCUT2D eigenvalue weighted by Gasteiger charge is 2.10.